The number of aliphatic imine (C=N–C) groups is 1. The van der Waals surface area contributed by atoms with Gasteiger partial charge in [0.2, 0.25) is 17.8 Å². The Balaban J connectivity index is 1.93. The van der Waals surface area contributed by atoms with Gasteiger partial charge >= 0.3 is 0 Å². The fourth-order valence-electron chi connectivity index (χ4n) is 5.04. The highest BCUT2D eigenvalue weighted by atomic mass is 16.2. The van der Waals surface area contributed by atoms with Crippen LogP contribution in [-0.4, -0.2) is 36.6 Å². The number of fused-ring (bicyclic) bond motifs is 1. The van der Waals surface area contributed by atoms with Crippen molar-refractivity contribution in [3.8, 4) is 6.07 Å². The number of carbonyl (C=O) groups is 2. The molecule has 0 fully saturated rings. The van der Waals surface area contributed by atoms with E-state index in [1.165, 1.54) is 7.05 Å². The van der Waals surface area contributed by atoms with Crippen LogP contribution in [-0.2, 0) is 30.2 Å². The Bertz CT molecular complexity index is 1850. The molecule has 0 aliphatic carbocycles. The van der Waals surface area contributed by atoms with E-state index in [9.17, 15) is 19.6 Å². The van der Waals surface area contributed by atoms with E-state index in [0.29, 0.717) is 11.3 Å². The third-order valence-corrected chi connectivity index (χ3v) is 7.17. The number of amides is 2. The minimum atomic E-state index is -0.582. The molecule has 11 heteroatoms. The summed E-state index contributed by atoms with van der Waals surface area (Å²) in [6.45, 7) is 9.67. The van der Waals surface area contributed by atoms with E-state index in [2.05, 4.69) is 16.0 Å². The molecule has 0 saturated heterocycles. The summed E-state index contributed by atoms with van der Waals surface area (Å²) in [5, 5.41) is 10.5. The average Bonchev–Trinajstić information content (AvgIpc) is 3.32. The number of aryl methyl sites for hydroxylation is 2. The van der Waals surface area contributed by atoms with Gasteiger partial charge in [-0.2, -0.15) is 10.2 Å². The third kappa shape index (κ3) is 6.59. The number of rotatable bonds is 9. The second kappa shape index (κ2) is 13.0. The molecule has 0 spiro atoms. The molecule has 228 valence electrons. The Labute approximate surface area is 256 Å². The van der Waals surface area contributed by atoms with Gasteiger partial charge in [-0.3, -0.25) is 28.9 Å². The maximum Gasteiger partial charge on any atom is 0.266 e. The van der Waals surface area contributed by atoms with Gasteiger partial charge in [-0.05, 0) is 48.6 Å². The maximum absolute atomic E-state index is 14.1. The summed E-state index contributed by atoms with van der Waals surface area (Å²) in [5.41, 5.74) is 9.79. The highest BCUT2D eigenvalue weighted by Gasteiger charge is 2.31. The number of aromatic nitrogens is 4. The lowest BCUT2D eigenvalue weighted by molar-refractivity contribution is -0.127. The van der Waals surface area contributed by atoms with Gasteiger partial charge in [0.25, 0.3) is 5.56 Å². The molecule has 0 saturated carbocycles. The topological polar surface area (TPSA) is 152 Å². The summed E-state index contributed by atoms with van der Waals surface area (Å²) in [6, 6.07) is 11.6. The average molecular weight is 595 g/mol. The van der Waals surface area contributed by atoms with Crippen molar-refractivity contribution in [1.82, 2.24) is 19.1 Å². The molecule has 0 aliphatic rings. The largest absolute Gasteiger partial charge is 0.383 e. The van der Waals surface area contributed by atoms with Crippen LogP contribution in [0, 0.1) is 30.1 Å². The number of nitrogens with two attached hydrogens (primary N) is 1. The van der Waals surface area contributed by atoms with Gasteiger partial charge in [0.05, 0.1) is 29.0 Å². The summed E-state index contributed by atoms with van der Waals surface area (Å²) in [6.07, 6.45) is 3.52. The van der Waals surface area contributed by atoms with Gasteiger partial charge in [0, 0.05) is 44.7 Å². The van der Waals surface area contributed by atoms with E-state index in [0.717, 1.165) is 31.5 Å². The first-order valence-corrected chi connectivity index (χ1v) is 14.5. The zero-order valence-corrected chi connectivity index (χ0v) is 26.3. The smallest absolute Gasteiger partial charge is 0.266 e. The third-order valence-electron chi connectivity index (χ3n) is 7.17. The number of benzene rings is 1. The summed E-state index contributed by atoms with van der Waals surface area (Å²) in [4.78, 5) is 55.5. The fraction of sp³-hybridized carbons (Fsp3) is 0.364. The monoisotopic (exact) mass is 594 g/mol. The summed E-state index contributed by atoms with van der Waals surface area (Å²) >= 11 is 0. The van der Waals surface area contributed by atoms with E-state index in [4.69, 9.17) is 10.7 Å². The van der Waals surface area contributed by atoms with Crippen molar-refractivity contribution < 1.29 is 9.59 Å². The molecule has 3 heterocycles. The maximum atomic E-state index is 14.1. The number of nitriles is 1. The van der Waals surface area contributed by atoms with Gasteiger partial charge < -0.3 is 10.3 Å². The second-order valence-electron chi connectivity index (χ2n) is 11.8. The molecule has 1 aromatic carbocycles. The van der Waals surface area contributed by atoms with Gasteiger partial charge in [-0.1, -0.05) is 39.3 Å². The van der Waals surface area contributed by atoms with Crippen LogP contribution < -0.4 is 16.2 Å². The van der Waals surface area contributed by atoms with Crippen LogP contribution >= 0.6 is 0 Å². The van der Waals surface area contributed by atoms with Crippen molar-refractivity contribution in [3.05, 3.63) is 81.0 Å². The van der Waals surface area contributed by atoms with Gasteiger partial charge in [-0.15, -0.1) is 0 Å². The number of carbonyl (C=O) groups excluding carboxylic acids is 2. The van der Waals surface area contributed by atoms with Crippen molar-refractivity contribution >= 4 is 40.2 Å². The van der Waals surface area contributed by atoms with Crippen molar-refractivity contribution in [1.29, 1.82) is 5.26 Å². The highest BCUT2D eigenvalue weighted by Crippen LogP contribution is 2.24. The molecule has 0 unspecified atom stereocenters. The number of pyridine rings is 1. The van der Waals surface area contributed by atoms with Crippen LogP contribution in [0.1, 0.15) is 68.5 Å². The van der Waals surface area contributed by atoms with E-state index in [1.54, 1.807) is 30.1 Å². The van der Waals surface area contributed by atoms with Crippen molar-refractivity contribution in [2.45, 2.75) is 54.0 Å². The summed E-state index contributed by atoms with van der Waals surface area (Å²) < 4.78 is 2.86. The Morgan fingerprint density at radius 1 is 1.07 bits per heavy atom. The summed E-state index contributed by atoms with van der Waals surface area (Å²) in [7, 11) is 3.20. The lowest BCUT2D eigenvalue weighted by atomic mass is 10.1. The quantitative estimate of drug-likeness (QED) is 0.282. The Hall–Kier alpha value is -5.11. The molecule has 0 bridgehead atoms. The molecule has 11 nitrogen and oxygen atoms in total. The van der Waals surface area contributed by atoms with Crippen LogP contribution in [0.5, 0.6) is 0 Å². The molecule has 2 N–H and O–H groups in total. The van der Waals surface area contributed by atoms with Crippen LogP contribution in [0.3, 0.4) is 0 Å². The normalized spacial score (nSPS) is 11.8. The first-order chi connectivity index (χ1) is 20.8. The number of nitrogens with zero attached hydrogens (tertiary/aromatic N) is 7. The first-order valence-electron chi connectivity index (χ1n) is 14.5. The van der Waals surface area contributed by atoms with Gasteiger partial charge in [0.15, 0.2) is 0 Å². The molecule has 4 rings (SSSR count). The van der Waals surface area contributed by atoms with Gasteiger partial charge in [0.1, 0.15) is 17.5 Å². The molecule has 44 heavy (non-hydrogen) atoms. The minimum Gasteiger partial charge on any atom is -0.383 e. The molecule has 4 aromatic rings. The van der Waals surface area contributed by atoms with Crippen LogP contribution in [0.25, 0.3) is 10.9 Å². The predicted molar refractivity (Wildman–Crippen MR) is 171 cm³/mol. The number of imide groups is 1. The SMILES string of the molecule is Cc1ccc2nccc(CN=C(c3c(N)nc(N(C(=O)CC(C)C)C(=O)CC(C)C)n(C)c3=O)c3cc(C#N)cn3C)c2c1. The fourth-order valence-corrected chi connectivity index (χ4v) is 5.04. The predicted octanol–water partition coefficient (Wildman–Crippen LogP) is 4.42. The lowest BCUT2D eigenvalue weighted by Gasteiger charge is -2.24. The van der Waals surface area contributed by atoms with Crippen molar-refractivity contribution in [2.75, 3.05) is 10.6 Å². The summed E-state index contributed by atoms with van der Waals surface area (Å²) in [5.74, 6) is -1.30. The van der Waals surface area contributed by atoms with Crippen LogP contribution in [0.15, 0.2) is 52.5 Å². The number of anilines is 2. The number of hydrogen-bond acceptors (Lipinski definition) is 8. The Kier molecular flexibility index (Phi) is 9.43. The second-order valence-corrected chi connectivity index (χ2v) is 11.8. The van der Waals surface area contributed by atoms with E-state index < -0.39 is 17.4 Å². The molecule has 0 radical (unpaired) electrons. The van der Waals surface area contributed by atoms with E-state index in [1.807, 2.05) is 58.9 Å². The molecular weight excluding hydrogens is 556 g/mol. The molecular formula is C33H38N8O3. The van der Waals surface area contributed by atoms with Gasteiger partial charge in [-0.25, -0.2) is 4.90 Å². The molecule has 0 atom stereocenters. The molecule has 0 aliphatic heterocycles. The number of nitrogen functional groups attached to an aromatic ring is 1. The standard InChI is InChI=1S/C33H38N8O3/c1-19(2)12-27(42)41(28(43)13-20(3)4)33-38-31(35)29(32(44)40(33)7)30(26-15-22(16-34)18-39(26)6)37-17-23-10-11-36-25-9-8-21(5)14-24(23)25/h8-11,14-15,18-20H,12-13,17,35H2,1-7H3. The Morgan fingerprint density at radius 2 is 1.73 bits per heavy atom. The van der Waals surface area contributed by atoms with Crippen LogP contribution in [0.2, 0.25) is 0 Å². The lowest BCUT2D eigenvalue weighted by Crippen LogP contribution is -2.43. The van der Waals surface area contributed by atoms with Crippen molar-refractivity contribution in [2.24, 2.45) is 30.9 Å². The van der Waals surface area contributed by atoms with Crippen molar-refractivity contribution in [3.63, 3.8) is 0 Å². The molecule has 3 aromatic heterocycles. The molecule has 2 amide bonds. The zero-order chi connectivity index (χ0) is 32.3. The highest BCUT2D eigenvalue weighted by molar-refractivity contribution is 6.16. The minimum absolute atomic E-state index is 0.00375. The van der Waals surface area contributed by atoms with E-state index in [-0.39, 0.29) is 54.3 Å². The number of hydrogen-bond donors (Lipinski definition) is 1. The van der Waals surface area contributed by atoms with Crippen LogP contribution in [0.4, 0.5) is 11.8 Å². The first kappa shape index (κ1) is 31.8. The van der Waals surface area contributed by atoms with E-state index >= 15 is 0 Å². The zero-order valence-electron chi connectivity index (χ0n) is 26.3. The Morgan fingerprint density at radius 3 is 2.32 bits per heavy atom.